The van der Waals surface area contributed by atoms with Gasteiger partial charge in [0, 0.05) is 25.9 Å². The van der Waals surface area contributed by atoms with Gasteiger partial charge in [-0.15, -0.1) is 0 Å². The summed E-state index contributed by atoms with van der Waals surface area (Å²) < 4.78 is 6.51. The Kier molecular flexibility index (Phi) is 3.88. The Labute approximate surface area is 116 Å². The van der Waals surface area contributed by atoms with Crippen LogP contribution < -0.4 is 15.8 Å². The molecule has 2 aromatic rings. The molecule has 0 saturated heterocycles. The molecule has 7 nitrogen and oxygen atoms in total. The van der Waals surface area contributed by atoms with Crippen LogP contribution in [0.25, 0.3) is 0 Å². The summed E-state index contributed by atoms with van der Waals surface area (Å²) in [5.41, 5.74) is 8.14. The Balaban J connectivity index is 2.08. The third-order valence-electron chi connectivity index (χ3n) is 2.95. The van der Waals surface area contributed by atoms with Gasteiger partial charge >= 0.3 is 0 Å². The van der Waals surface area contributed by atoms with Crippen molar-refractivity contribution in [2.24, 2.45) is 7.05 Å². The molecule has 0 spiro atoms. The molecule has 0 atom stereocenters. The lowest BCUT2D eigenvalue weighted by molar-refractivity contribution is 0.0942. The van der Waals surface area contributed by atoms with Gasteiger partial charge < -0.3 is 15.8 Å². The van der Waals surface area contributed by atoms with Gasteiger partial charge in [0.25, 0.3) is 5.91 Å². The second-order valence-corrected chi connectivity index (χ2v) is 4.36. The number of carbonyl (C=O) groups is 1. The first-order valence-electron chi connectivity index (χ1n) is 6.09. The molecule has 2 rings (SSSR count). The fraction of sp³-hybridized carbons (Fsp3) is 0.308. The van der Waals surface area contributed by atoms with Crippen molar-refractivity contribution in [3.05, 3.63) is 35.3 Å². The van der Waals surface area contributed by atoms with Crippen molar-refractivity contribution in [2.75, 3.05) is 12.8 Å². The molecule has 0 radical (unpaired) electrons. The first-order chi connectivity index (χ1) is 9.52. The van der Waals surface area contributed by atoms with Gasteiger partial charge in [-0.2, -0.15) is 5.10 Å². The van der Waals surface area contributed by atoms with Crippen LogP contribution in [0.1, 0.15) is 21.7 Å². The van der Waals surface area contributed by atoms with Gasteiger partial charge in [0.15, 0.2) is 0 Å². The second-order valence-electron chi connectivity index (χ2n) is 4.36. The lowest BCUT2D eigenvalue weighted by atomic mass is 10.2. The highest BCUT2D eigenvalue weighted by molar-refractivity contribution is 5.97. The zero-order valence-electron chi connectivity index (χ0n) is 11.7. The third-order valence-corrected chi connectivity index (χ3v) is 2.95. The summed E-state index contributed by atoms with van der Waals surface area (Å²) in [5.74, 6) is 0.244. The van der Waals surface area contributed by atoms with E-state index in [2.05, 4.69) is 15.4 Å². The molecule has 20 heavy (non-hydrogen) atoms. The van der Waals surface area contributed by atoms with Crippen LogP contribution in [-0.4, -0.2) is 27.8 Å². The molecule has 1 amide bonds. The number of nitrogens with zero attached hydrogens (tertiary/aromatic N) is 3. The fourth-order valence-electron chi connectivity index (χ4n) is 1.88. The molecular formula is C13H17N5O2. The number of hydrogen-bond donors (Lipinski definition) is 2. The monoisotopic (exact) mass is 275 g/mol. The number of nitrogens with two attached hydrogens (primary N) is 1. The molecule has 0 bridgehead atoms. The lowest BCUT2D eigenvalue weighted by Crippen LogP contribution is -2.26. The number of hydrogen-bond acceptors (Lipinski definition) is 5. The van der Waals surface area contributed by atoms with Crippen molar-refractivity contribution in [2.45, 2.75) is 13.5 Å². The number of aryl methyl sites for hydroxylation is 2. The number of nitrogen functional groups attached to an aromatic ring is 1. The first-order valence-corrected chi connectivity index (χ1v) is 6.09. The number of carbonyl (C=O) groups excluding carboxylic acids is 1. The number of ether oxygens (including phenoxy) is 1. The minimum Gasteiger partial charge on any atom is -0.481 e. The van der Waals surface area contributed by atoms with Gasteiger partial charge in [-0.1, -0.05) is 0 Å². The molecule has 0 aliphatic carbocycles. The maximum Gasteiger partial charge on any atom is 0.271 e. The van der Waals surface area contributed by atoms with Crippen molar-refractivity contribution in [3.8, 4) is 5.88 Å². The van der Waals surface area contributed by atoms with E-state index in [4.69, 9.17) is 10.5 Å². The van der Waals surface area contributed by atoms with E-state index in [1.165, 1.54) is 4.68 Å². The van der Waals surface area contributed by atoms with Crippen molar-refractivity contribution < 1.29 is 9.53 Å². The van der Waals surface area contributed by atoms with Gasteiger partial charge in [-0.05, 0) is 18.6 Å². The summed E-state index contributed by atoms with van der Waals surface area (Å²) in [6.45, 7) is 2.13. The van der Waals surface area contributed by atoms with Gasteiger partial charge in [0.05, 0.1) is 18.5 Å². The molecule has 0 aromatic carbocycles. The summed E-state index contributed by atoms with van der Waals surface area (Å²) in [7, 11) is 3.23. The van der Waals surface area contributed by atoms with Crippen molar-refractivity contribution in [3.63, 3.8) is 0 Å². The molecule has 2 aromatic heterocycles. The summed E-state index contributed by atoms with van der Waals surface area (Å²) in [4.78, 5) is 16.1. The zero-order chi connectivity index (χ0) is 14.7. The number of amides is 1. The third kappa shape index (κ3) is 2.71. The van der Waals surface area contributed by atoms with Gasteiger partial charge in [-0.3, -0.25) is 9.48 Å². The topological polar surface area (TPSA) is 95.1 Å². The Bertz CT molecular complexity index is 636. The molecule has 0 aliphatic heterocycles. The predicted octanol–water partition coefficient (Wildman–Crippen LogP) is 0.644. The molecule has 106 valence electrons. The van der Waals surface area contributed by atoms with Gasteiger partial charge in [0.1, 0.15) is 5.69 Å². The molecule has 0 fully saturated rings. The summed E-state index contributed by atoms with van der Waals surface area (Å²) in [6.07, 6.45) is 1.63. The molecule has 0 aliphatic rings. The van der Waals surface area contributed by atoms with Crippen LogP contribution in [0.2, 0.25) is 0 Å². The molecular weight excluding hydrogens is 258 g/mol. The second kappa shape index (κ2) is 5.60. The van der Waals surface area contributed by atoms with Crippen LogP contribution in [0.5, 0.6) is 5.88 Å². The molecule has 2 heterocycles. The van der Waals surface area contributed by atoms with E-state index in [1.54, 1.807) is 39.4 Å². The number of nitrogens with one attached hydrogen (secondary N) is 1. The molecule has 0 saturated carbocycles. The Morgan fingerprint density at radius 1 is 1.55 bits per heavy atom. The van der Waals surface area contributed by atoms with Crippen LogP contribution >= 0.6 is 0 Å². The van der Waals surface area contributed by atoms with Gasteiger partial charge in [0.2, 0.25) is 5.88 Å². The number of rotatable bonds is 4. The van der Waals surface area contributed by atoms with Crippen LogP contribution in [0, 0.1) is 6.92 Å². The van der Waals surface area contributed by atoms with E-state index in [0.717, 1.165) is 5.56 Å². The van der Waals surface area contributed by atoms with E-state index in [9.17, 15) is 4.79 Å². The Hall–Kier alpha value is -2.57. The SMILES string of the molecule is COc1cc(CNC(=O)c2c(N)c(C)nn2C)ccn1. The van der Waals surface area contributed by atoms with Crippen LogP contribution in [0.4, 0.5) is 5.69 Å². The van der Waals surface area contributed by atoms with E-state index >= 15 is 0 Å². The largest absolute Gasteiger partial charge is 0.481 e. The standard InChI is InChI=1S/C13H17N5O2/c1-8-11(14)12(18(2)17-8)13(19)16-7-9-4-5-15-10(6-9)20-3/h4-6H,7,14H2,1-3H3,(H,16,19). The first kappa shape index (κ1) is 13.9. The normalized spacial score (nSPS) is 10.3. The molecule has 3 N–H and O–H groups in total. The van der Waals surface area contributed by atoms with E-state index in [0.29, 0.717) is 29.5 Å². The van der Waals surface area contributed by atoms with Crippen LogP contribution in [-0.2, 0) is 13.6 Å². The average Bonchev–Trinajstić information content (AvgIpc) is 2.70. The highest BCUT2D eigenvalue weighted by Crippen LogP contribution is 2.15. The summed E-state index contributed by atoms with van der Waals surface area (Å²) in [6, 6.07) is 3.57. The lowest BCUT2D eigenvalue weighted by Gasteiger charge is -2.07. The predicted molar refractivity (Wildman–Crippen MR) is 74.3 cm³/mol. The Morgan fingerprint density at radius 2 is 2.30 bits per heavy atom. The smallest absolute Gasteiger partial charge is 0.271 e. The molecule has 7 heteroatoms. The highest BCUT2D eigenvalue weighted by Gasteiger charge is 2.17. The highest BCUT2D eigenvalue weighted by atomic mass is 16.5. The summed E-state index contributed by atoms with van der Waals surface area (Å²) >= 11 is 0. The van der Waals surface area contributed by atoms with E-state index in [-0.39, 0.29) is 5.91 Å². The zero-order valence-corrected chi connectivity index (χ0v) is 11.7. The number of anilines is 1. The van der Waals surface area contributed by atoms with Crippen molar-refractivity contribution in [1.82, 2.24) is 20.1 Å². The maximum absolute atomic E-state index is 12.1. The number of aromatic nitrogens is 3. The van der Waals surface area contributed by atoms with Crippen LogP contribution in [0.15, 0.2) is 18.3 Å². The average molecular weight is 275 g/mol. The van der Waals surface area contributed by atoms with Crippen LogP contribution in [0.3, 0.4) is 0 Å². The van der Waals surface area contributed by atoms with E-state index < -0.39 is 0 Å². The van der Waals surface area contributed by atoms with Gasteiger partial charge in [-0.25, -0.2) is 4.98 Å². The van der Waals surface area contributed by atoms with E-state index in [1.807, 2.05) is 0 Å². The number of pyridine rings is 1. The maximum atomic E-state index is 12.1. The molecule has 0 unspecified atom stereocenters. The van der Waals surface area contributed by atoms with Crippen molar-refractivity contribution in [1.29, 1.82) is 0 Å². The minimum absolute atomic E-state index is 0.263. The van der Waals surface area contributed by atoms with Crippen molar-refractivity contribution >= 4 is 11.6 Å². The number of methoxy groups -OCH3 is 1. The summed E-state index contributed by atoms with van der Waals surface area (Å²) in [5, 5.41) is 6.91. The Morgan fingerprint density at radius 3 is 2.90 bits per heavy atom. The fourth-order valence-corrected chi connectivity index (χ4v) is 1.88. The minimum atomic E-state index is -0.263. The quantitative estimate of drug-likeness (QED) is 0.854.